The molecule has 2 fully saturated rings. The quantitative estimate of drug-likeness (QED) is 0.0844. The van der Waals surface area contributed by atoms with E-state index in [4.69, 9.17) is 9.47 Å². The Morgan fingerprint density at radius 1 is 0.567 bits per heavy atom. The van der Waals surface area contributed by atoms with Gasteiger partial charge in [0.05, 0.1) is 31.3 Å². The van der Waals surface area contributed by atoms with Gasteiger partial charge in [-0.05, 0) is 73.1 Å². The number of methoxy groups -OCH3 is 2. The molecule has 67 heavy (non-hydrogen) atoms. The molecule has 6 aromatic rings. The van der Waals surface area contributed by atoms with Crippen LogP contribution in [0.3, 0.4) is 0 Å². The first kappa shape index (κ1) is 45.9. The Morgan fingerprint density at radius 2 is 0.970 bits per heavy atom. The van der Waals surface area contributed by atoms with E-state index < -0.39 is 48.2 Å². The summed E-state index contributed by atoms with van der Waals surface area (Å²) >= 11 is 0. The number of ether oxygens (including phenoxy) is 2. The second kappa shape index (κ2) is 20.7. The fraction of sp³-hybridized carbons (Fsp3) is 0.308. The van der Waals surface area contributed by atoms with E-state index in [1.807, 2.05) is 66.7 Å². The van der Waals surface area contributed by atoms with E-state index in [-0.39, 0.29) is 17.9 Å². The summed E-state index contributed by atoms with van der Waals surface area (Å²) in [6.07, 6.45) is 2.27. The molecule has 15 nitrogen and oxygen atoms in total. The van der Waals surface area contributed by atoms with Gasteiger partial charge >= 0.3 is 12.2 Å². The molecule has 2 aliphatic rings. The van der Waals surface area contributed by atoms with E-state index >= 15 is 0 Å². The molecule has 6 amide bonds. The average molecular weight is 906 g/mol. The van der Waals surface area contributed by atoms with Gasteiger partial charge in [0.15, 0.2) is 0 Å². The summed E-state index contributed by atoms with van der Waals surface area (Å²) in [4.78, 5) is 84.4. The van der Waals surface area contributed by atoms with E-state index in [9.17, 15) is 28.8 Å². The lowest BCUT2D eigenvalue weighted by molar-refractivity contribution is -0.138. The zero-order chi connectivity index (χ0) is 47.0. The van der Waals surface area contributed by atoms with Crippen LogP contribution in [0.25, 0.3) is 21.8 Å². The number of benzene rings is 5. The molecular weight excluding hydrogens is 851 g/mol. The molecule has 0 aliphatic carbocycles. The lowest BCUT2D eigenvalue weighted by Gasteiger charge is -2.28. The second-order valence-corrected chi connectivity index (χ2v) is 16.9. The van der Waals surface area contributed by atoms with Crippen LogP contribution in [-0.4, -0.2) is 89.6 Å². The van der Waals surface area contributed by atoms with Crippen LogP contribution in [-0.2, 0) is 28.7 Å². The number of nitrogens with one attached hydrogen (secondary N) is 4. The summed E-state index contributed by atoms with van der Waals surface area (Å²) in [7, 11) is 2.47. The molecule has 1 unspecified atom stereocenters. The number of rotatable bonds is 14. The smallest absolute Gasteiger partial charge is 0.407 e. The van der Waals surface area contributed by atoms with Crippen LogP contribution in [0.4, 0.5) is 21.0 Å². The monoisotopic (exact) mass is 905 g/mol. The standard InChI is InChI=1S/C52H55N7O8/c1-4-16-40(33-17-8-5-9-18-33)59-43-31-36(53-47(60)41-23-14-29-57(41)49(62)45(55-51(64)66-2)34-19-10-6-11-20-34)25-27-38(43)39-28-26-37(32-44(39)59)54-48(61)42-24-15-30-58(42)50(63)46(56-52(65)67-3)35-21-12-7-13-22-35/h5-13,17-22,25-28,31-32,40-42,45-46H,4,14-16,23-24,29-30H2,1-3H3,(H,53,60)(H,54,61)(H,55,64)(H,56,65)/t40?,41-,42-,45+,46+/m0/s1. The molecule has 5 atom stereocenters. The summed E-state index contributed by atoms with van der Waals surface area (Å²) in [5.41, 5.74) is 5.06. The van der Waals surface area contributed by atoms with Crippen LogP contribution in [0.5, 0.6) is 0 Å². The third-order valence-corrected chi connectivity index (χ3v) is 12.7. The summed E-state index contributed by atoms with van der Waals surface area (Å²) in [5, 5.41) is 13.4. The summed E-state index contributed by atoms with van der Waals surface area (Å²) in [6.45, 7) is 2.83. The largest absolute Gasteiger partial charge is 0.453 e. The number of alkyl carbamates (subject to hydrolysis) is 2. The predicted molar refractivity (Wildman–Crippen MR) is 255 cm³/mol. The normalized spacial score (nSPS) is 17.1. The molecule has 0 spiro atoms. The molecule has 2 aliphatic heterocycles. The van der Waals surface area contributed by atoms with Crippen LogP contribution in [0, 0.1) is 0 Å². The minimum Gasteiger partial charge on any atom is -0.453 e. The van der Waals surface area contributed by atoms with Crippen molar-refractivity contribution in [2.24, 2.45) is 0 Å². The lowest BCUT2D eigenvalue weighted by atomic mass is 10.0. The number of nitrogens with zero attached hydrogens (tertiary/aromatic N) is 3. The number of amides is 6. The van der Waals surface area contributed by atoms with Gasteiger partial charge in [-0.1, -0.05) is 116 Å². The maximum absolute atomic E-state index is 14.2. The molecule has 3 heterocycles. The van der Waals surface area contributed by atoms with Gasteiger partial charge in [-0.3, -0.25) is 19.2 Å². The Morgan fingerprint density at radius 3 is 1.36 bits per heavy atom. The maximum Gasteiger partial charge on any atom is 0.407 e. The highest BCUT2D eigenvalue weighted by Gasteiger charge is 2.40. The van der Waals surface area contributed by atoms with Crippen molar-refractivity contribution in [2.45, 2.75) is 75.7 Å². The highest BCUT2D eigenvalue weighted by Crippen LogP contribution is 2.39. The minimum absolute atomic E-state index is 0.122. The molecule has 0 bridgehead atoms. The highest BCUT2D eigenvalue weighted by molar-refractivity contribution is 6.11. The first-order chi connectivity index (χ1) is 32.6. The zero-order valence-corrected chi connectivity index (χ0v) is 37.8. The van der Waals surface area contributed by atoms with Crippen LogP contribution in [0.15, 0.2) is 127 Å². The maximum atomic E-state index is 14.2. The molecule has 5 aromatic carbocycles. The molecule has 4 N–H and O–H groups in total. The Hall–Kier alpha value is -7.68. The number of aromatic nitrogens is 1. The molecule has 2 saturated heterocycles. The van der Waals surface area contributed by atoms with Gasteiger partial charge in [0.2, 0.25) is 11.8 Å². The Bertz CT molecular complexity index is 2600. The van der Waals surface area contributed by atoms with Gasteiger partial charge < -0.3 is 45.1 Å². The SMILES string of the molecule is CCCC(c1ccccc1)n1c2cc(NC(=O)[C@@H]3CCCN3C(=O)[C@H](NC(=O)OC)c3ccccc3)ccc2c2ccc(NC(=O)[C@@H]3CCCN3C(=O)[C@H](NC(=O)OC)c3ccccc3)cc21. The molecule has 15 heteroatoms. The van der Waals surface area contributed by atoms with E-state index in [0.717, 1.165) is 40.2 Å². The molecule has 0 radical (unpaired) electrons. The van der Waals surface area contributed by atoms with Crippen LogP contribution >= 0.6 is 0 Å². The second-order valence-electron chi connectivity index (χ2n) is 16.9. The van der Waals surface area contributed by atoms with E-state index in [1.54, 1.807) is 48.5 Å². The Balaban J connectivity index is 1.10. The van der Waals surface area contributed by atoms with Gasteiger partial charge in [0.25, 0.3) is 11.8 Å². The van der Waals surface area contributed by atoms with Gasteiger partial charge in [0, 0.05) is 35.2 Å². The lowest BCUT2D eigenvalue weighted by Crippen LogP contribution is -2.48. The van der Waals surface area contributed by atoms with Gasteiger partial charge in [0.1, 0.15) is 24.2 Å². The van der Waals surface area contributed by atoms with E-state index in [1.165, 1.54) is 24.0 Å². The van der Waals surface area contributed by atoms with Gasteiger partial charge in [-0.15, -0.1) is 0 Å². The number of anilines is 2. The molecule has 0 saturated carbocycles. The third-order valence-electron chi connectivity index (χ3n) is 12.7. The fourth-order valence-electron chi connectivity index (χ4n) is 9.54. The Kier molecular flexibility index (Phi) is 14.1. The van der Waals surface area contributed by atoms with Crippen molar-refractivity contribution in [2.75, 3.05) is 37.9 Å². The number of hydrogen-bond acceptors (Lipinski definition) is 8. The fourth-order valence-corrected chi connectivity index (χ4v) is 9.54. The molecule has 1 aromatic heterocycles. The predicted octanol–water partition coefficient (Wildman–Crippen LogP) is 8.24. The third kappa shape index (κ3) is 9.81. The zero-order valence-electron chi connectivity index (χ0n) is 37.8. The average Bonchev–Trinajstić information content (AvgIpc) is 4.13. The first-order valence-electron chi connectivity index (χ1n) is 22.7. The summed E-state index contributed by atoms with van der Waals surface area (Å²) < 4.78 is 11.9. The van der Waals surface area contributed by atoms with Crippen molar-refractivity contribution in [3.8, 4) is 0 Å². The van der Waals surface area contributed by atoms with E-state index in [2.05, 4.69) is 44.9 Å². The Labute approximate surface area is 388 Å². The number of hydrogen-bond donors (Lipinski definition) is 4. The topological polar surface area (TPSA) is 180 Å². The number of likely N-dealkylation sites (tertiary alicyclic amines) is 2. The highest BCUT2D eigenvalue weighted by atomic mass is 16.5. The number of fused-ring (bicyclic) bond motifs is 3. The molecule has 346 valence electrons. The van der Waals surface area contributed by atoms with Crippen molar-refractivity contribution >= 4 is 69.0 Å². The van der Waals surface area contributed by atoms with Crippen LogP contribution < -0.4 is 21.3 Å². The van der Waals surface area contributed by atoms with Crippen LogP contribution in [0.1, 0.15) is 80.3 Å². The van der Waals surface area contributed by atoms with Gasteiger partial charge in [-0.25, -0.2) is 9.59 Å². The van der Waals surface area contributed by atoms with Crippen molar-refractivity contribution < 1.29 is 38.2 Å². The van der Waals surface area contributed by atoms with E-state index in [0.29, 0.717) is 61.3 Å². The van der Waals surface area contributed by atoms with Crippen molar-refractivity contribution in [3.05, 3.63) is 144 Å². The number of carbonyl (C=O) groups excluding carboxylic acids is 6. The summed E-state index contributed by atoms with van der Waals surface area (Å²) in [6, 6.07) is 35.8. The summed E-state index contributed by atoms with van der Waals surface area (Å²) in [5.74, 6) is -1.49. The molecule has 8 rings (SSSR count). The first-order valence-corrected chi connectivity index (χ1v) is 22.7. The van der Waals surface area contributed by atoms with Gasteiger partial charge in [-0.2, -0.15) is 0 Å². The van der Waals surface area contributed by atoms with Crippen molar-refractivity contribution in [1.82, 2.24) is 25.0 Å². The van der Waals surface area contributed by atoms with Crippen molar-refractivity contribution in [1.29, 1.82) is 0 Å². The minimum atomic E-state index is -1.04. The molecular formula is C52H55N7O8. The van der Waals surface area contributed by atoms with Crippen molar-refractivity contribution in [3.63, 3.8) is 0 Å². The van der Waals surface area contributed by atoms with Crippen LogP contribution in [0.2, 0.25) is 0 Å². The number of carbonyl (C=O) groups is 6.